The van der Waals surface area contributed by atoms with Crippen molar-refractivity contribution in [3.63, 3.8) is 0 Å². The van der Waals surface area contributed by atoms with E-state index in [-0.39, 0.29) is 24.6 Å². The molecule has 2 N–H and O–H groups in total. The van der Waals surface area contributed by atoms with Gasteiger partial charge in [0.15, 0.2) is 18.1 Å². The predicted molar refractivity (Wildman–Crippen MR) is 103 cm³/mol. The second kappa shape index (κ2) is 7.30. The second-order valence-corrected chi connectivity index (χ2v) is 6.67. The number of carbonyl (C=O) groups is 2. The summed E-state index contributed by atoms with van der Waals surface area (Å²) in [5, 5.41) is 5.57. The molecule has 1 atom stereocenters. The standard InChI is InChI=1S/C20H21N3O5/c1-12(13-3-6-16-18(9-13)27-8-7-26-16)23(2)20(25)21-14-4-5-15-17(10-14)28-11-19(24)22-15/h3-6,9-10,12H,7-8,11H2,1-2H3,(H,21,25)(H,22,24). The molecule has 0 spiro atoms. The molecule has 1 unspecified atom stereocenters. The summed E-state index contributed by atoms with van der Waals surface area (Å²) in [6.07, 6.45) is 0. The molecule has 0 saturated carbocycles. The summed E-state index contributed by atoms with van der Waals surface area (Å²) in [6, 6.07) is 10.4. The molecule has 8 nitrogen and oxygen atoms in total. The molecule has 28 heavy (non-hydrogen) atoms. The minimum Gasteiger partial charge on any atom is -0.486 e. The SMILES string of the molecule is CC(c1ccc2c(c1)OCCO2)N(C)C(=O)Nc1ccc2c(c1)OCC(=O)N2. The molecule has 3 amide bonds. The fraction of sp³-hybridized carbons (Fsp3) is 0.300. The van der Waals surface area contributed by atoms with E-state index in [0.29, 0.717) is 36.1 Å². The highest BCUT2D eigenvalue weighted by Gasteiger charge is 2.21. The topological polar surface area (TPSA) is 89.1 Å². The summed E-state index contributed by atoms with van der Waals surface area (Å²) in [6.45, 7) is 2.96. The van der Waals surface area contributed by atoms with Crippen LogP contribution >= 0.6 is 0 Å². The van der Waals surface area contributed by atoms with Crippen LogP contribution in [0.15, 0.2) is 36.4 Å². The number of fused-ring (bicyclic) bond motifs is 2. The molecule has 0 radical (unpaired) electrons. The van der Waals surface area contributed by atoms with Crippen LogP contribution in [0, 0.1) is 0 Å². The van der Waals surface area contributed by atoms with Crippen LogP contribution in [0.2, 0.25) is 0 Å². The van der Waals surface area contributed by atoms with Crippen molar-refractivity contribution in [2.45, 2.75) is 13.0 Å². The van der Waals surface area contributed by atoms with Crippen LogP contribution in [0.1, 0.15) is 18.5 Å². The maximum atomic E-state index is 12.7. The molecule has 0 saturated heterocycles. The highest BCUT2D eigenvalue weighted by Crippen LogP contribution is 2.34. The van der Waals surface area contributed by atoms with Crippen molar-refractivity contribution in [3.8, 4) is 17.2 Å². The van der Waals surface area contributed by atoms with Crippen LogP contribution in [0.4, 0.5) is 16.2 Å². The van der Waals surface area contributed by atoms with E-state index in [2.05, 4.69) is 10.6 Å². The number of hydrogen-bond acceptors (Lipinski definition) is 5. The van der Waals surface area contributed by atoms with E-state index in [4.69, 9.17) is 14.2 Å². The zero-order valence-corrected chi connectivity index (χ0v) is 15.7. The second-order valence-electron chi connectivity index (χ2n) is 6.67. The van der Waals surface area contributed by atoms with Crippen molar-refractivity contribution in [3.05, 3.63) is 42.0 Å². The van der Waals surface area contributed by atoms with Gasteiger partial charge in [0, 0.05) is 18.8 Å². The molecule has 2 aliphatic heterocycles. The Bertz CT molecular complexity index is 930. The molecule has 146 valence electrons. The Labute approximate surface area is 162 Å². The molecule has 0 fully saturated rings. The Morgan fingerprint density at radius 3 is 2.68 bits per heavy atom. The first kappa shape index (κ1) is 18.0. The minimum absolute atomic E-state index is 0.0363. The van der Waals surface area contributed by atoms with Gasteiger partial charge in [-0.25, -0.2) is 4.79 Å². The predicted octanol–water partition coefficient (Wildman–Crippen LogP) is 3.01. The lowest BCUT2D eigenvalue weighted by Gasteiger charge is -2.27. The smallest absolute Gasteiger partial charge is 0.322 e. The van der Waals surface area contributed by atoms with Crippen molar-refractivity contribution in [1.82, 2.24) is 4.90 Å². The van der Waals surface area contributed by atoms with E-state index >= 15 is 0 Å². The Morgan fingerprint density at radius 2 is 1.86 bits per heavy atom. The van der Waals surface area contributed by atoms with Gasteiger partial charge in [-0.3, -0.25) is 4.79 Å². The molecule has 0 aliphatic carbocycles. The first-order valence-corrected chi connectivity index (χ1v) is 9.01. The monoisotopic (exact) mass is 383 g/mol. The Morgan fingerprint density at radius 1 is 1.07 bits per heavy atom. The number of urea groups is 1. The lowest BCUT2D eigenvalue weighted by molar-refractivity contribution is -0.118. The van der Waals surface area contributed by atoms with Crippen molar-refractivity contribution < 1.29 is 23.8 Å². The normalized spacial score (nSPS) is 15.6. The van der Waals surface area contributed by atoms with Crippen molar-refractivity contribution in [1.29, 1.82) is 0 Å². The third-order valence-electron chi connectivity index (χ3n) is 4.82. The molecule has 4 rings (SSSR count). The van der Waals surface area contributed by atoms with E-state index in [1.807, 2.05) is 25.1 Å². The summed E-state index contributed by atoms with van der Waals surface area (Å²) in [5.41, 5.74) is 2.12. The van der Waals surface area contributed by atoms with Gasteiger partial charge >= 0.3 is 6.03 Å². The molecular weight excluding hydrogens is 362 g/mol. The van der Waals surface area contributed by atoms with Gasteiger partial charge in [-0.1, -0.05) is 6.07 Å². The number of benzene rings is 2. The van der Waals surface area contributed by atoms with Crippen LogP contribution in [-0.4, -0.2) is 43.7 Å². The van der Waals surface area contributed by atoms with Gasteiger partial charge in [-0.2, -0.15) is 0 Å². The number of rotatable bonds is 3. The molecule has 2 heterocycles. The van der Waals surface area contributed by atoms with Crippen LogP contribution in [0.3, 0.4) is 0 Å². The fourth-order valence-electron chi connectivity index (χ4n) is 3.08. The number of anilines is 2. The van der Waals surface area contributed by atoms with Crippen LogP contribution < -0.4 is 24.8 Å². The molecule has 2 aromatic carbocycles. The van der Waals surface area contributed by atoms with Crippen LogP contribution in [-0.2, 0) is 4.79 Å². The number of hydrogen-bond donors (Lipinski definition) is 2. The summed E-state index contributed by atoms with van der Waals surface area (Å²) >= 11 is 0. The number of carbonyl (C=O) groups excluding carboxylic acids is 2. The van der Waals surface area contributed by atoms with Crippen molar-refractivity contribution >= 4 is 23.3 Å². The van der Waals surface area contributed by atoms with E-state index in [9.17, 15) is 9.59 Å². The maximum Gasteiger partial charge on any atom is 0.322 e. The van der Waals surface area contributed by atoms with Crippen molar-refractivity contribution in [2.24, 2.45) is 0 Å². The van der Waals surface area contributed by atoms with Gasteiger partial charge in [-0.15, -0.1) is 0 Å². The van der Waals surface area contributed by atoms with Crippen LogP contribution in [0.25, 0.3) is 0 Å². The molecule has 0 aromatic heterocycles. The molecule has 0 bridgehead atoms. The van der Waals surface area contributed by atoms with Gasteiger partial charge in [0.2, 0.25) is 0 Å². The number of nitrogens with one attached hydrogen (secondary N) is 2. The summed E-state index contributed by atoms with van der Waals surface area (Å²) in [7, 11) is 1.73. The maximum absolute atomic E-state index is 12.7. The highest BCUT2D eigenvalue weighted by atomic mass is 16.6. The lowest BCUT2D eigenvalue weighted by Crippen LogP contribution is -2.33. The average molecular weight is 383 g/mol. The van der Waals surface area contributed by atoms with Gasteiger partial charge in [0.1, 0.15) is 19.0 Å². The largest absolute Gasteiger partial charge is 0.486 e. The first-order valence-electron chi connectivity index (χ1n) is 9.01. The van der Waals surface area contributed by atoms with Crippen molar-refractivity contribution in [2.75, 3.05) is 37.5 Å². The zero-order valence-electron chi connectivity index (χ0n) is 15.7. The van der Waals surface area contributed by atoms with Gasteiger partial charge in [-0.05, 0) is 36.8 Å². The van der Waals surface area contributed by atoms with Gasteiger partial charge < -0.3 is 29.7 Å². The lowest BCUT2D eigenvalue weighted by atomic mass is 10.1. The molecule has 2 aromatic rings. The quantitative estimate of drug-likeness (QED) is 0.851. The molecule has 2 aliphatic rings. The molecule has 8 heteroatoms. The number of amides is 3. The number of ether oxygens (including phenoxy) is 3. The third kappa shape index (κ3) is 3.53. The first-order chi connectivity index (χ1) is 13.5. The Balaban J connectivity index is 1.45. The average Bonchev–Trinajstić information content (AvgIpc) is 2.72. The Hall–Kier alpha value is -3.42. The van der Waals surface area contributed by atoms with Gasteiger partial charge in [0.25, 0.3) is 5.91 Å². The molecular formula is C20H21N3O5. The van der Waals surface area contributed by atoms with E-state index in [1.165, 1.54) is 0 Å². The third-order valence-corrected chi connectivity index (χ3v) is 4.82. The summed E-state index contributed by atoms with van der Waals surface area (Å²) in [5.74, 6) is 1.74. The Kier molecular flexibility index (Phi) is 4.68. The fourth-order valence-corrected chi connectivity index (χ4v) is 3.08. The van der Waals surface area contributed by atoms with E-state index in [0.717, 1.165) is 11.3 Å². The number of nitrogens with zero attached hydrogens (tertiary/aromatic N) is 1. The highest BCUT2D eigenvalue weighted by molar-refractivity contribution is 5.96. The van der Waals surface area contributed by atoms with E-state index in [1.54, 1.807) is 30.1 Å². The van der Waals surface area contributed by atoms with Crippen LogP contribution in [0.5, 0.6) is 17.2 Å². The van der Waals surface area contributed by atoms with Gasteiger partial charge in [0.05, 0.1) is 11.7 Å². The summed E-state index contributed by atoms with van der Waals surface area (Å²) < 4.78 is 16.5. The minimum atomic E-state index is -0.262. The summed E-state index contributed by atoms with van der Waals surface area (Å²) in [4.78, 5) is 25.6. The zero-order chi connectivity index (χ0) is 19.7. The van der Waals surface area contributed by atoms with E-state index < -0.39 is 0 Å².